The summed E-state index contributed by atoms with van der Waals surface area (Å²) in [6.45, 7) is 4.76. The first kappa shape index (κ1) is 17.0. The predicted octanol–water partition coefficient (Wildman–Crippen LogP) is 0.0135. The third-order valence-electron chi connectivity index (χ3n) is 3.36. The van der Waals surface area contributed by atoms with Crippen LogP contribution in [0.1, 0.15) is 5.56 Å². The Morgan fingerprint density at radius 3 is 2.83 bits per heavy atom. The summed E-state index contributed by atoms with van der Waals surface area (Å²) in [6, 6.07) is 5.55. The van der Waals surface area contributed by atoms with Crippen LogP contribution in [0.3, 0.4) is 0 Å². The van der Waals surface area contributed by atoms with E-state index in [1.165, 1.54) is 6.21 Å². The first-order valence-electron chi connectivity index (χ1n) is 7.42. The second-order valence-electron chi connectivity index (χ2n) is 4.95. The molecule has 0 aromatic heterocycles. The molecule has 4 N–H and O–H groups in total. The number of hydrogen-bond acceptors (Lipinski definition) is 6. The number of guanidine groups is 1. The van der Waals surface area contributed by atoms with Crippen molar-refractivity contribution in [3.63, 3.8) is 0 Å². The van der Waals surface area contributed by atoms with Crippen molar-refractivity contribution in [3.8, 4) is 11.5 Å². The smallest absolute Gasteiger partial charge is 0.211 e. The number of para-hydroxylation sites is 1. The summed E-state index contributed by atoms with van der Waals surface area (Å²) >= 11 is 0. The van der Waals surface area contributed by atoms with Gasteiger partial charge in [-0.1, -0.05) is 6.07 Å². The lowest BCUT2D eigenvalue weighted by Gasteiger charge is -2.26. The minimum atomic E-state index is -0.0982. The maximum atomic E-state index is 5.91. The van der Waals surface area contributed by atoms with Gasteiger partial charge in [-0.3, -0.25) is 4.90 Å². The van der Waals surface area contributed by atoms with E-state index in [1.807, 2.05) is 18.2 Å². The molecule has 0 saturated carbocycles. The number of benzene rings is 1. The van der Waals surface area contributed by atoms with E-state index in [2.05, 4.69) is 15.1 Å². The highest BCUT2D eigenvalue weighted by Crippen LogP contribution is 2.30. The lowest BCUT2D eigenvalue weighted by molar-refractivity contribution is 0.0321. The van der Waals surface area contributed by atoms with E-state index in [9.17, 15) is 0 Å². The molecular formula is C15H23N5O3. The minimum Gasteiger partial charge on any atom is -0.493 e. The van der Waals surface area contributed by atoms with E-state index < -0.39 is 0 Å². The Hall–Kier alpha value is -2.32. The van der Waals surface area contributed by atoms with Crippen molar-refractivity contribution < 1.29 is 14.2 Å². The predicted molar refractivity (Wildman–Crippen MR) is 89.2 cm³/mol. The molecule has 1 aromatic rings. The fourth-order valence-electron chi connectivity index (χ4n) is 2.21. The van der Waals surface area contributed by atoms with Crippen LogP contribution in [0.2, 0.25) is 0 Å². The van der Waals surface area contributed by atoms with Crippen molar-refractivity contribution >= 4 is 12.2 Å². The maximum absolute atomic E-state index is 5.91. The van der Waals surface area contributed by atoms with Crippen LogP contribution in [0.25, 0.3) is 0 Å². The largest absolute Gasteiger partial charge is 0.493 e. The Bertz CT molecular complexity index is 552. The highest BCUT2D eigenvalue weighted by Gasteiger charge is 2.12. The van der Waals surface area contributed by atoms with Crippen LogP contribution in [-0.4, -0.2) is 63.6 Å². The van der Waals surface area contributed by atoms with Crippen molar-refractivity contribution in [3.05, 3.63) is 23.8 Å². The van der Waals surface area contributed by atoms with E-state index in [1.54, 1.807) is 7.11 Å². The maximum Gasteiger partial charge on any atom is 0.211 e. The molecule has 0 amide bonds. The second-order valence-corrected chi connectivity index (χ2v) is 4.95. The lowest BCUT2D eigenvalue weighted by atomic mass is 10.2. The van der Waals surface area contributed by atoms with Gasteiger partial charge in [-0.15, -0.1) is 5.10 Å². The second kappa shape index (κ2) is 8.96. The Morgan fingerprint density at radius 2 is 2.13 bits per heavy atom. The van der Waals surface area contributed by atoms with E-state index in [-0.39, 0.29) is 5.96 Å². The van der Waals surface area contributed by atoms with Crippen LogP contribution in [0.5, 0.6) is 11.5 Å². The van der Waals surface area contributed by atoms with Gasteiger partial charge in [0.05, 0.1) is 26.5 Å². The fourth-order valence-corrected chi connectivity index (χ4v) is 2.21. The van der Waals surface area contributed by atoms with Crippen molar-refractivity contribution in [1.29, 1.82) is 0 Å². The Kier molecular flexibility index (Phi) is 6.64. The van der Waals surface area contributed by atoms with Gasteiger partial charge in [0, 0.05) is 25.2 Å². The normalized spacial score (nSPS) is 15.5. The van der Waals surface area contributed by atoms with E-state index in [0.29, 0.717) is 18.1 Å². The molecular weight excluding hydrogens is 298 g/mol. The summed E-state index contributed by atoms with van der Waals surface area (Å²) in [4.78, 5) is 2.30. The van der Waals surface area contributed by atoms with Gasteiger partial charge >= 0.3 is 0 Å². The minimum absolute atomic E-state index is 0.0982. The van der Waals surface area contributed by atoms with Gasteiger partial charge in [0.25, 0.3) is 0 Å². The zero-order chi connectivity index (χ0) is 16.5. The molecule has 8 heteroatoms. The van der Waals surface area contributed by atoms with Crippen LogP contribution in [0.15, 0.2) is 28.4 Å². The molecule has 2 rings (SSSR count). The van der Waals surface area contributed by atoms with Crippen LogP contribution in [0, 0.1) is 0 Å². The Morgan fingerprint density at radius 1 is 1.35 bits per heavy atom. The number of morpholine rings is 1. The molecule has 0 radical (unpaired) electrons. The summed E-state index contributed by atoms with van der Waals surface area (Å²) < 4.78 is 16.6. The van der Waals surface area contributed by atoms with Gasteiger partial charge < -0.3 is 25.7 Å². The molecule has 1 aromatic carbocycles. The summed E-state index contributed by atoms with van der Waals surface area (Å²) in [6.07, 6.45) is 1.53. The van der Waals surface area contributed by atoms with Gasteiger partial charge in [-0.25, -0.2) is 0 Å². The number of methoxy groups -OCH3 is 1. The van der Waals surface area contributed by atoms with Crippen LogP contribution >= 0.6 is 0 Å². The van der Waals surface area contributed by atoms with E-state index >= 15 is 0 Å². The van der Waals surface area contributed by atoms with Gasteiger partial charge in [0.1, 0.15) is 6.61 Å². The molecule has 8 nitrogen and oxygen atoms in total. The van der Waals surface area contributed by atoms with Crippen molar-refractivity contribution in [2.75, 3.05) is 46.6 Å². The standard InChI is InChI=1S/C15H23N5O3/c1-21-13-4-2-3-12(11-18-19-15(16)17)14(13)23-10-7-20-5-8-22-9-6-20/h2-4,11H,5-10H2,1H3,(H4,16,17,19). The summed E-state index contributed by atoms with van der Waals surface area (Å²) in [5.74, 6) is 1.16. The molecule has 0 unspecified atom stereocenters. The first-order valence-corrected chi connectivity index (χ1v) is 7.42. The zero-order valence-corrected chi connectivity index (χ0v) is 13.3. The van der Waals surface area contributed by atoms with Gasteiger partial charge in [0.2, 0.25) is 5.96 Å². The summed E-state index contributed by atoms with van der Waals surface area (Å²) in [5, 5.41) is 7.42. The molecule has 0 atom stereocenters. The highest BCUT2D eigenvalue weighted by atomic mass is 16.5. The van der Waals surface area contributed by atoms with Gasteiger partial charge in [0.15, 0.2) is 11.5 Å². The molecule has 1 saturated heterocycles. The third kappa shape index (κ3) is 5.42. The number of hydrogen-bond donors (Lipinski definition) is 2. The molecule has 0 aliphatic carbocycles. The first-order chi connectivity index (χ1) is 11.2. The number of nitrogens with two attached hydrogens (primary N) is 2. The molecule has 0 spiro atoms. The highest BCUT2D eigenvalue weighted by molar-refractivity contribution is 5.86. The monoisotopic (exact) mass is 321 g/mol. The fraction of sp³-hybridized carbons (Fsp3) is 0.467. The quantitative estimate of drug-likeness (QED) is 0.416. The van der Waals surface area contributed by atoms with Crippen molar-refractivity contribution in [2.45, 2.75) is 0 Å². The summed E-state index contributed by atoms with van der Waals surface area (Å²) in [5.41, 5.74) is 11.3. The number of rotatable bonds is 7. The van der Waals surface area contributed by atoms with Gasteiger partial charge in [-0.2, -0.15) is 5.10 Å². The average molecular weight is 321 g/mol. The molecule has 1 aliphatic heterocycles. The lowest BCUT2D eigenvalue weighted by Crippen LogP contribution is -2.38. The van der Waals surface area contributed by atoms with Crippen molar-refractivity contribution in [1.82, 2.24) is 4.90 Å². The van der Waals surface area contributed by atoms with E-state index in [4.69, 9.17) is 25.7 Å². The van der Waals surface area contributed by atoms with Crippen LogP contribution < -0.4 is 20.9 Å². The van der Waals surface area contributed by atoms with Crippen molar-refractivity contribution in [2.24, 2.45) is 21.7 Å². The molecule has 126 valence electrons. The third-order valence-corrected chi connectivity index (χ3v) is 3.36. The zero-order valence-electron chi connectivity index (χ0n) is 13.3. The summed E-state index contributed by atoms with van der Waals surface area (Å²) in [7, 11) is 1.60. The Balaban J connectivity index is 2.02. The van der Waals surface area contributed by atoms with E-state index in [0.717, 1.165) is 38.4 Å². The Labute approximate surface area is 135 Å². The molecule has 23 heavy (non-hydrogen) atoms. The van der Waals surface area contributed by atoms with Crippen LogP contribution in [-0.2, 0) is 4.74 Å². The number of nitrogens with zero attached hydrogens (tertiary/aromatic N) is 3. The molecule has 1 heterocycles. The number of ether oxygens (including phenoxy) is 3. The average Bonchev–Trinajstić information content (AvgIpc) is 2.56. The van der Waals surface area contributed by atoms with Crippen LogP contribution in [0.4, 0.5) is 0 Å². The van der Waals surface area contributed by atoms with Gasteiger partial charge in [-0.05, 0) is 12.1 Å². The SMILES string of the molecule is COc1cccc(C=NN=C(N)N)c1OCCN1CCOCC1. The topological polar surface area (TPSA) is 108 Å². The molecule has 1 fully saturated rings. The molecule has 1 aliphatic rings. The molecule has 0 bridgehead atoms.